The molecule has 5 nitrogen and oxygen atoms in total. The summed E-state index contributed by atoms with van der Waals surface area (Å²) in [5, 5.41) is 2.76. The monoisotopic (exact) mass is 356 g/mol. The van der Waals surface area contributed by atoms with Gasteiger partial charge in [0.05, 0.1) is 18.0 Å². The number of sulfonamides is 1. The van der Waals surface area contributed by atoms with Crippen LogP contribution in [0.3, 0.4) is 0 Å². The van der Waals surface area contributed by atoms with Gasteiger partial charge in [-0.1, -0.05) is 49.2 Å². The Morgan fingerprint density at radius 1 is 1.12 bits per heavy atom. The summed E-state index contributed by atoms with van der Waals surface area (Å²) < 4.78 is 26.4. The van der Waals surface area contributed by atoms with Crippen molar-refractivity contribution >= 4 is 21.6 Å². The minimum atomic E-state index is -3.84. The quantitative estimate of drug-likeness (QED) is 0.775. The van der Waals surface area contributed by atoms with Crippen molar-refractivity contribution in [2.24, 2.45) is 0 Å². The summed E-state index contributed by atoms with van der Waals surface area (Å²) in [6, 6.07) is 15.3. The molecule has 0 spiro atoms. The smallest absolute Gasteiger partial charge is 0.244 e. The summed E-state index contributed by atoms with van der Waals surface area (Å²) in [6.07, 6.45) is 6.05. The zero-order chi connectivity index (χ0) is 18.3. The van der Waals surface area contributed by atoms with Crippen LogP contribution in [0.15, 0.2) is 59.5 Å². The van der Waals surface area contributed by atoms with Gasteiger partial charge in [0.1, 0.15) is 0 Å². The van der Waals surface area contributed by atoms with Gasteiger partial charge in [0.15, 0.2) is 0 Å². The van der Waals surface area contributed by atoms with Crippen LogP contribution in [-0.4, -0.2) is 31.7 Å². The Bertz CT molecular complexity index is 871. The Morgan fingerprint density at radius 3 is 2.40 bits per heavy atom. The van der Waals surface area contributed by atoms with Gasteiger partial charge in [0.2, 0.25) is 15.9 Å². The summed E-state index contributed by atoms with van der Waals surface area (Å²) in [5.74, 6) is 1.87. The molecule has 0 atom stereocenters. The molecule has 0 aliphatic rings. The zero-order valence-corrected chi connectivity index (χ0v) is 14.8. The molecule has 0 heterocycles. The summed E-state index contributed by atoms with van der Waals surface area (Å²) in [4.78, 5) is 12.5. The Kier molecular flexibility index (Phi) is 6.34. The Morgan fingerprint density at radius 2 is 1.76 bits per heavy atom. The second kappa shape index (κ2) is 8.47. The van der Waals surface area contributed by atoms with Gasteiger partial charge in [0, 0.05) is 5.69 Å². The summed E-state index contributed by atoms with van der Waals surface area (Å²) in [7, 11) is -3.84. The van der Waals surface area contributed by atoms with Crippen molar-refractivity contribution in [2.45, 2.75) is 18.2 Å². The highest BCUT2D eigenvalue weighted by molar-refractivity contribution is 7.89. The molecule has 2 aromatic carbocycles. The van der Waals surface area contributed by atoms with Gasteiger partial charge < -0.3 is 5.32 Å². The van der Waals surface area contributed by atoms with E-state index in [1.54, 1.807) is 24.3 Å². The van der Waals surface area contributed by atoms with Gasteiger partial charge in [-0.25, -0.2) is 8.42 Å². The molecule has 0 radical (unpaired) electrons. The number of para-hydroxylation sites is 1. The molecule has 0 saturated carbocycles. The first kappa shape index (κ1) is 18.7. The van der Waals surface area contributed by atoms with Gasteiger partial charge in [-0.2, -0.15) is 4.31 Å². The number of anilines is 1. The van der Waals surface area contributed by atoms with Crippen LogP contribution in [0.25, 0.3) is 0 Å². The molecule has 0 unspecified atom stereocenters. The highest BCUT2D eigenvalue weighted by atomic mass is 32.2. The number of hydrogen-bond donors (Lipinski definition) is 1. The molecular weight excluding hydrogens is 336 g/mol. The average Bonchev–Trinajstić information content (AvgIpc) is 2.62. The summed E-state index contributed by atoms with van der Waals surface area (Å²) in [6.45, 7) is 1.45. The topological polar surface area (TPSA) is 66.5 Å². The lowest BCUT2D eigenvalue weighted by Crippen LogP contribution is -2.38. The maximum atomic E-state index is 12.7. The number of hydrogen-bond acceptors (Lipinski definition) is 3. The van der Waals surface area contributed by atoms with E-state index in [1.807, 2.05) is 25.1 Å². The van der Waals surface area contributed by atoms with Gasteiger partial charge >= 0.3 is 0 Å². The first-order valence-corrected chi connectivity index (χ1v) is 9.29. The van der Waals surface area contributed by atoms with E-state index in [0.717, 1.165) is 16.3 Å². The van der Waals surface area contributed by atoms with Crippen LogP contribution in [-0.2, 0) is 21.2 Å². The van der Waals surface area contributed by atoms with E-state index in [9.17, 15) is 13.2 Å². The Balaban J connectivity index is 2.19. The molecule has 0 saturated heterocycles. The molecule has 0 fully saturated rings. The lowest BCUT2D eigenvalue weighted by atomic mass is 10.1. The lowest BCUT2D eigenvalue weighted by molar-refractivity contribution is -0.116. The molecule has 0 aliphatic carbocycles. The van der Waals surface area contributed by atoms with E-state index in [4.69, 9.17) is 6.42 Å². The number of rotatable bonds is 7. The normalized spacial score (nSPS) is 11.1. The molecule has 0 aromatic heterocycles. The molecule has 25 heavy (non-hydrogen) atoms. The van der Waals surface area contributed by atoms with Crippen molar-refractivity contribution < 1.29 is 13.2 Å². The van der Waals surface area contributed by atoms with Crippen LogP contribution >= 0.6 is 0 Å². The first-order chi connectivity index (χ1) is 12.0. The van der Waals surface area contributed by atoms with Crippen LogP contribution in [0.4, 0.5) is 5.69 Å². The molecule has 6 heteroatoms. The number of benzene rings is 2. The third-order valence-electron chi connectivity index (χ3n) is 3.64. The number of carbonyl (C=O) groups is 1. The lowest BCUT2D eigenvalue weighted by Gasteiger charge is -2.20. The second-order valence-electron chi connectivity index (χ2n) is 5.35. The highest BCUT2D eigenvalue weighted by Gasteiger charge is 2.26. The molecule has 0 bridgehead atoms. The van der Waals surface area contributed by atoms with E-state index >= 15 is 0 Å². The minimum Gasteiger partial charge on any atom is -0.325 e. The predicted molar refractivity (Wildman–Crippen MR) is 98.5 cm³/mol. The largest absolute Gasteiger partial charge is 0.325 e. The number of nitrogens with one attached hydrogen (secondary N) is 1. The number of amides is 1. The maximum absolute atomic E-state index is 12.7. The minimum absolute atomic E-state index is 0.104. The molecule has 1 amide bonds. The van der Waals surface area contributed by atoms with E-state index < -0.39 is 15.9 Å². The van der Waals surface area contributed by atoms with Gasteiger partial charge in [0.25, 0.3) is 0 Å². The van der Waals surface area contributed by atoms with Gasteiger partial charge in [-0.15, -0.1) is 6.42 Å². The Labute approximate surface area is 148 Å². The number of aryl methyl sites for hydroxylation is 1. The van der Waals surface area contributed by atoms with E-state index in [1.165, 1.54) is 12.1 Å². The second-order valence-corrected chi connectivity index (χ2v) is 7.29. The van der Waals surface area contributed by atoms with Crippen molar-refractivity contribution in [3.05, 3.63) is 60.2 Å². The van der Waals surface area contributed by atoms with Gasteiger partial charge in [-0.3, -0.25) is 4.79 Å². The molecule has 2 rings (SSSR count). The third-order valence-corrected chi connectivity index (χ3v) is 5.45. The fraction of sp³-hybridized carbons (Fsp3) is 0.211. The van der Waals surface area contributed by atoms with Crippen molar-refractivity contribution in [1.82, 2.24) is 4.31 Å². The van der Waals surface area contributed by atoms with Crippen molar-refractivity contribution in [1.29, 1.82) is 0 Å². The third kappa shape index (κ3) is 4.69. The molecule has 0 aliphatic heterocycles. The van der Waals surface area contributed by atoms with Crippen molar-refractivity contribution in [2.75, 3.05) is 18.4 Å². The van der Waals surface area contributed by atoms with Crippen LogP contribution in [0.1, 0.15) is 12.5 Å². The van der Waals surface area contributed by atoms with Crippen LogP contribution in [0.5, 0.6) is 0 Å². The SMILES string of the molecule is C#CCN(CC(=O)Nc1ccccc1CC)S(=O)(=O)c1ccccc1. The van der Waals surface area contributed by atoms with Crippen LogP contribution < -0.4 is 5.32 Å². The standard InChI is InChI=1S/C19H20N2O3S/c1-3-14-21(25(23,24)17-11-6-5-7-12-17)15-19(22)20-18-13-9-8-10-16(18)4-2/h1,5-13H,4,14-15H2,2H3,(H,20,22). The highest BCUT2D eigenvalue weighted by Crippen LogP contribution is 2.17. The molecular formula is C19H20N2O3S. The average molecular weight is 356 g/mol. The molecule has 1 N–H and O–H groups in total. The predicted octanol–water partition coefficient (Wildman–Crippen LogP) is 2.51. The fourth-order valence-electron chi connectivity index (χ4n) is 2.37. The number of carbonyl (C=O) groups excluding carboxylic acids is 1. The summed E-state index contributed by atoms with van der Waals surface area (Å²) in [5.41, 5.74) is 1.65. The molecule has 2 aromatic rings. The maximum Gasteiger partial charge on any atom is 0.244 e. The number of terminal acetylenes is 1. The van der Waals surface area contributed by atoms with Crippen molar-refractivity contribution in [3.8, 4) is 12.3 Å². The Hall–Kier alpha value is -2.62. The van der Waals surface area contributed by atoms with Crippen molar-refractivity contribution in [3.63, 3.8) is 0 Å². The van der Waals surface area contributed by atoms with Crippen LogP contribution in [0.2, 0.25) is 0 Å². The van der Waals surface area contributed by atoms with E-state index in [-0.39, 0.29) is 18.0 Å². The van der Waals surface area contributed by atoms with E-state index in [0.29, 0.717) is 5.69 Å². The first-order valence-electron chi connectivity index (χ1n) is 7.85. The van der Waals surface area contributed by atoms with E-state index in [2.05, 4.69) is 11.2 Å². The summed E-state index contributed by atoms with van der Waals surface area (Å²) >= 11 is 0. The van der Waals surface area contributed by atoms with Gasteiger partial charge in [-0.05, 0) is 30.2 Å². The number of nitrogens with zero attached hydrogens (tertiary/aromatic N) is 1. The molecule has 130 valence electrons. The zero-order valence-electron chi connectivity index (χ0n) is 14.0. The van der Waals surface area contributed by atoms with Crippen LogP contribution in [0, 0.1) is 12.3 Å². The fourth-order valence-corrected chi connectivity index (χ4v) is 3.70.